The molecule has 3 aromatic carbocycles. The molecule has 0 radical (unpaired) electrons. The second-order valence-corrected chi connectivity index (χ2v) is 10.7. The minimum Gasteiger partial charge on any atom is -0.392 e. The monoisotopic (exact) mass is 551 g/mol. The molecule has 0 saturated carbocycles. The second-order valence-electron chi connectivity index (χ2n) is 10.7. The first-order valence-electron chi connectivity index (χ1n) is 14.3. The summed E-state index contributed by atoms with van der Waals surface area (Å²) >= 11 is 0. The van der Waals surface area contributed by atoms with Gasteiger partial charge in [0.05, 0.1) is 18.8 Å². The largest absolute Gasteiger partial charge is 0.392 e. The van der Waals surface area contributed by atoms with Crippen molar-refractivity contribution in [3.05, 3.63) is 114 Å². The van der Waals surface area contributed by atoms with Crippen molar-refractivity contribution in [1.29, 1.82) is 0 Å². The first-order chi connectivity index (χ1) is 20.2. The first-order valence-corrected chi connectivity index (χ1v) is 14.3. The number of benzene rings is 3. The van der Waals surface area contributed by atoms with Gasteiger partial charge in [0.2, 0.25) is 5.95 Å². The fourth-order valence-electron chi connectivity index (χ4n) is 5.62. The smallest absolute Gasteiger partial charge is 0.225 e. The van der Waals surface area contributed by atoms with E-state index in [-0.39, 0.29) is 18.8 Å². The molecule has 3 unspecified atom stereocenters. The van der Waals surface area contributed by atoms with Crippen LogP contribution in [0.5, 0.6) is 0 Å². The van der Waals surface area contributed by atoms with Gasteiger partial charge in [-0.05, 0) is 39.9 Å². The van der Waals surface area contributed by atoms with Gasteiger partial charge >= 0.3 is 0 Å². The van der Waals surface area contributed by atoms with Crippen molar-refractivity contribution in [2.75, 3.05) is 37.6 Å². The molecule has 1 aromatic heterocycles. The van der Waals surface area contributed by atoms with Crippen LogP contribution in [0.2, 0.25) is 0 Å². The molecule has 3 N–H and O–H groups in total. The third-order valence-electron chi connectivity index (χ3n) is 7.96. The van der Waals surface area contributed by atoms with Gasteiger partial charge in [0, 0.05) is 63.6 Å². The van der Waals surface area contributed by atoms with Crippen LogP contribution in [-0.4, -0.2) is 58.8 Å². The summed E-state index contributed by atoms with van der Waals surface area (Å²) in [5, 5.41) is 9.51. The van der Waals surface area contributed by atoms with E-state index >= 15 is 0 Å². The number of anilines is 1. The standard InChI is InChI=1S/C33H37N5O3/c34-21-25-3-1-4-29(19-25)26-9-11-28(12-10-26)32-40-30(20-31(41-32)27-7-5-24(23-39)6-8-27)22-37-15-17-38(18-16-37)33-35-13-2-14-36-33/h1-14,19,30-32,39H,15-18,20-23,34H2. The van der Waals surface area contributed by atoms with E-state index in [4.69, 9.17) is 15.2 Å². The highest BCUT2D eigenvalue weighted by atomic mass is 16.7. The number of ether oxygens (including phenoxy) is 2. The van der Waals surface area contributed by atoms with Crippen LogP contribution in [0.4, 0.5) is 5.95 Å². The molecule has 8 heteroatoms. The van der Waals surface area contributed by atoms with Crippen LogP contribution in [0.3, 0.4) is 0 Å². The summed E-state index contributed by atoms with van der Waals surface area (Å²) in [6, 6.07) is 26.7. The Hall–Kier alpha value is -3.66. The quantitative estimate of drug-likeness (QED) is 0.331. The summed E-state index contributed by atoms with van der Waals surface area (Å²) in [6.45, 7) is 5.00. The molecule has 2 fully saturated rings. The maximum absolute atomic E-state index is 9.51. The lowest BCUT2D eigenvalue weighted by Gasteiger charge is -2.40. The number of aliphatic hydroxyl groups is 1. The molecule has 0 bridgehead atoms. The SMILES string of the molecule is NCc1cccc(-c2ccc(C3OC(CN4CCN(c5ncccn5)CC4)CC(c4ccc(CO)cc4)O3)cc2)c1. The number of hydrogen-bond acceptors (Lipinski definition) is 8. The van der Waals surface area contributed by atoms with E-state index in [0.717, 1.165) is 78.5 Å². The predicted octanol–water partition coefficient (Wildman–Crippen LogP) is 4.46. The number of aromatic nitrogens is 2. The summed E-state index contributed by atoms with van der Waals surface area (Å²) in [5.74, 6) is 0.791. The lowest BCUT2D eigenvalue weighted by molar-refractivity contribution is -0.253. The highest BCUT2D eigenvalue weighted by Crippen LogP contribution is 2.38. The Morgan fingerprint density at radius 2 is 1.51 bits per heavy atom. The number of nitrogens with zero attached hydrogens (tertiary/aromatic N) is 4. The van der Waals surface area contributed by atoms with Crippen molar-refractivity contribution in [2.45, 2.75) is 38.1 Å². The number of hydrogen-bond donors (Lipinski definition) is 2. The third-order valence-corrected chi connectivity index (χ3v) is 7.96. The highest BCUT2D eigenvalue weighted by Gasteiger charge is 2.34. The lowest BCUT2D eigenvalue weighted by Crippen LogP contribution is -2.50. The van der Waals surface area contributed by atoms with Crippen LogP contribution in [0.25, 0.3) is 11.1 Å². The molecular weight excluding hydrogens is 514 g/mol. The summed E-state index contributed by atoms with van der Waals surface area (Å²) in [4.78, 5) is 13.5. The molecule has 2 saturated heterocycles. The van der Waals surface area contributed by atoms with Gasteiger partial charge in [-0.25, -0.2) is 9.97 Å². The van der Waals surface area contributed by atoms with Crippen LogP contribution in [0, 0.1) is 0 Å². The second kappa shape index (κ2) is 12.9. The number of aliphatic hydroxyl groups excluding tert-OH is 1. The zero-order chi connectivity index (χ0) is 28.0. The average Bonchev–Trinajstić information content (AvgIpc) is 3.05. The van der Waals surface area contributed by atoms with Gasteiger partial charge in [-0.3, -0.25) is 4.90 Å². The van der Waals surface area contributed by atoms with Gasteiger partial charge < -0.3 is 25.2 Å². The van der Waals surface area contributed by atoms with Crippen molar-refractivity contribution < 1.29 is 14.6 Å². The Balaban J connectivity index is 1.17. The molecule has 6 rings (SSSR count). The first kappa shape index (κ1) is 27.5. The third kappa shape index (κ3) is 6.64. The van der Waals surface area contributed by atoms with E-state index in [1.807, 2.05) is 30.3 Å². The fraction of sp³-hybridized carbons (Fsp3) is 0.333. The highest BCUT2D eigenvalue weighted by molar-refractivity contribution is 5.64. The Morgan fingerprint density at radius 3 is 2.22 bits per heavy atom. The summed E-state index contributed by atoms with van der Waals surface area (Å²) in [7, 11) is 0. The molecular formula is C33H37N5O3. The van der Waals surface area contributed by atoms with Crippen molar-refractivity contribution in [1.82, 2.24) is 14.9 Å². The number of nitrogens with two attached hydrogens (primary N) is 1. The van der Waals surface area contributed by atoms with Crippen LogP contribution < -0.4 is 10.6 Å². The minimum atomic E-state index is -0.472. The number of piperazine rings is 1. The lowest BCUT2D eigenvalue weighted by atomic mass is 9.99. The number of rotatable bonds is 8. The van der Waals surface area contributed by atoms with Crippen LogP contribution in [0.15, 0.2) is 91.3 Å². The van der Waals surface area contributed by atoms with Crippen LogP contribution in [-0.2, 0) is 22.6 Å². The summed E-state index contributed by atoms with van der Waals surface area (Å²) in [5.41, 5.74) is 12.2. The molecule has 41 heavy (non-hydrogen) atoms. The van der Waals surface area contributed by atoms with E-state index in [2.05, 4.69) is 68.3 Å². The summed E-state index contributed by atoms with van der Waals surface area (Å²) < 4.78 is 13.2. The van der Waals surface area contributed by atoms with Crippen molar-refractivity contribution in [3.63, 3.8) is 0 Å². The van der Waals surface area contributed by atoms with E-state index in [1.165, 1.54) is 0 Å². The Labute approximate surface area is 241 Å². The molecule has 3 atom stereocenters. The van der Waals surface area contributed by atoms with Gasteiger partial charge in [-0.1, -0.05) is 66.7 Å². The molecule has 2 aliphatic heterocycles. The van der Waals surface area contributed by atoms with Gasteiger partial charge in [0.15, 0.2) is 6.29 Å². The average molecular weight is 552 g/mol. The molecule has 212 valence electrons. The fourth-order valence-corrected chi connectivity index (χ4v) is 5.62. The predicted molar refractivity (Wildman–Crippen MR) is 159 cm³/mol. The van der Waals surface area contributed by atoms with E-state index < -0.39 is 6.29 Å². The van der Waals surface area contributed by atoms with Gasteiger partial charge in [0.25, 0.3) is 0 Å². The molecule has 0 spiro atoms. The summed E-state index contributed by atoms with van der Waals surface area (Å²) in [6.07, 6.45) is 3.78. The van der Waals surface area contributed by atoms with E-state index in [1.54, 1.807) is 12.4 Å². The minimum absolute atomic E-state index is 0.0108. The van der Waals surface area contributed by atoms with E-state index in [9.17, 15) is 5.11 Å². The van der Waals surface area contributed by atoms with Gasteiger partial charge in [-0.15, -0.1) is 0 Å². The molecule has 0 amide bonds. The zero-order valence-corrected chi connectivity index (χ0v) is 23.2. The normalized spacial score (nSPS) is 21.6. The zero-order valence-electron chi connectivity index (χ0n) is 23.2. The molecule has 3 heterocycles. The molecule has 4 aromatic rings. The molecule has 0 aliphatic carbocycles. The maximum Gasteiger partial charge on any atom is 0.225 e. The van der Waals surface area contributed by atoms with Crippen molar-refractivity contribution in [2.24, 2.45) is 5.73 Å². The van der Waals surface area contributed by atoms with Gasteiger partial charge in [0.1, 0.15) is 0 Å². The van der Waals surface area contributed by atoms with Gasteiger partial charge in [-0.2, -0.15) is 0 Å². The molecule has 8 nitrogen and oxygen atoms in total. The van der Waals surface area contributed by atoms with Crippen LogP contribution in [0.1, 0.15) is 41.1 Å². The Kier molecular flexibility index (Phi) is 8.65. The Morgan fingerprint density at radius 1 is 0.780 bits per heavy atom. The van der Waals surface area contributed by atoms with Crippen molar-refractivity contribution in [3.8, 4) is 11.1 Å². The topological polar surface area (TPSA) is 97.0 Å². The molecule has 2 aliphatic rings. The van der Waals surface area contributed by atoms with Crippen molar-refractivity contribution >= 4 is 5.95 Å². The van der Waals surface area contributed by atoms with E-state index in [0.29, 0.717) is 6.54 Å². The Bertz CT molecular complexity index is 1390. The van der Waals surface area contributed by atoms with Crippen LogP contribution >= 0.6 is 0 Å². The maximum atomic E-state index is 9.51.